The van der Waals surface area contributed by atoms with Gasteiger partial charge in [-0.2, -0.15) is 0 Å². The number of rotatable bonds is 3. The van der Waals surface area contributed by atoms with Crippen LogP contribution in [-0.2, 0) is 4.74 Å². The number of hydrogen-bond acceptors (Lipinski definition) is 4. The first-order chi connectivity index (χ1) is 9.41. The second-order valence-electron chi connectivity index (χ2n) is 6.23. The average Bonchev–Trinajstić information content (AvgIpc) is 2.42. The van der Waals surface area contributed by atoms with Gasteiger partial charge in [0.25, 0.3) is 0 Å². The van der Waals surface area contributed by atoms with Crippen molar-refractivity contribution in [3.05, 3.63) is 23.8 Å². The number of methoxy groups -OCH3 is 1. The third-order valence-corrected chi connectivity index (χ3v) is 4.01. The van der Waals surface area contributed by atoms with Crippen LogP contribution < -0.4 is 10.5 Å². The quantitative estimate of drug-likeness (QED) is 0.679. The molecular formula is C16H23NO3. The summed E-state index contributed by atoms with van der Waals surface area (Å²) in [6, 6.07) is 5.04. The lowest BCUT2D eigenvalue weighted by Crippen LogP contribution is -2.28. The highest BCUT2D eigenvalue weighted by molar-refractivity contribution is 5.90. The van der Waals surface area contributed by atoms with Crippen LogP contribution in [0.4, 0.5) is 5.69 Å². The summed E-state index contributed by atoms with van der Waals surface area (Å²) < 4.78 is 10.6. The lowest BCUT2D eigenvalue weighted by Gasteiger charge is -2.34. The first-order valence-corrected chi connectivity index (χ1v) is 7.06. The number of anilines is 1. The van der Waals surface area contributed by atoms with Crippen molar-refractivity contribution in [1.82, 2.24) is 0 Å². The Labute approximate surface area is 120 Å². The molecule has 4 nitrogen and oxygen atoms in total. The fourth-order valence-corrected chi connectivity index (χ4v) is 2.57. The summed E-state index contributed by atoms with van der Waals surface area (Å²) in [6.07, 6.45) is 4.64. The van der Waals surface area contributed by atoms with E-state index in [0.29, 0.717) is 22.4 Å². The normalized spacial score (nSPS) is 18.6. The van der Waals surface area contributed by atoms with Crippen LogP contribution in [0.15, 0.2) is 18.2 Å². The van der Waals surface area contributed by atoms with E-state index in [4.69, 9.17) is 10.5 Å². The van der Waals surface area contributed by atoms with Crippen molar-refractivity contribution in [2.24, 2.45) is 5.41 Å². The van der Waals surface area contributed by atoms with Crippen molar-refractivity contribution < 1.29 is 14.3 Å². The molecule has 0 heterocycles. The van der Waals surface area contributed by atoms with Crippen LogP contribution in [0.2, 0.25) is 0 Å². The van der Waals surface area contributed by atoms with Gasteiger partial charge < -0.3 is 15.2 Å². The summed E-state index contributed by atoms with van der Waals surface area (Å²) in [4.78, 5) is 11.4. The molecule has 0 amide bonds. The molecule has 20 heavy (non-hydrogen) atoms. The summed E-state index contributed by atoms with van der Waals surface area (Å²) in [5, 5.41) is 0. The molecule has 1 saturated carbocycles. The number of nitrogen functional groups attached to an aromatic ring is 1. The summed E-state index contributed by atoms with van der Waals surface area (Å²) in [5.74, 6) is 0.269. The van der Waals surface area contributed by atoms with Crippen molar-refractivity contribution in [2.75, 3.05) is 12.8 Å². The molecule has 4 heteroatoms. The molecule has 1 aromatic carbocycles. The van der Waals surface area contributed by atoms with Crippen molar-refractivity contribution in [2.45, 2.75) is 45.6 Å². The van der Waals surface area contributed by atoms with Gasteiger partial charge in [0.15, 0.2) is 0 Å². The number of hydrogen-bond donors (Lipinski definition) is 1. The van der Waals surface area contributed by atoms with Crippen LogP contribution in [-0.4, -0.2) is 19.2 Å². The highest BCUT2D eigenvalue weighted by Crippen LogP contribution is 2.37. The first-order valence-electron chi connectivity index (χ1n) is 7.06. The fourth-order valence-electron chi connectivity index (χ4n) is 2.57. The Morgan fingerprint density at radius 2 is 1.95 bits per heavy atom. The molecule has 1 aliphatic carbocycles. The Morgan fingerprint density at radius 1 is 1.30 bits per heavy atom. The molecule has 0 atom stereocenters. The van der Waals surface area contributed by atoms with E-state index in [1.54, 1.807) is 18.2 Å². The summed E-state index contributed by atoms with van der Waals surface area (Å²) in [5.41, 5.74) is 7.30. The Balaban J connectivity index is 2.02. The maximum atomic E-state index is 11.4. The minimum absolute atomic E-state index is 0.217. The van der Waals surface area contributed by atoms with Gasteiger partial charge in [-0.15, -0.1) is 0 Å². The van der Waals surface area contributed by atoms with Gasteiger partial charge in [-0.05, 0) is 49.3 Å². The molecule has 0 bridgehead atoms. The highest BCUT2D eigenvalue weighted by Gasteiger charge is 2.28. The van der Waals surface area contributed by atoms with E-state index >= 15 is 0 Å². The number of ether oxygens (including phenoxy) is 2. The van der Waals surface area contributed by atoms with E-state index in [1.165, 1.54) is 7.11 Å². The summed E-state index contributed by atoms with van der Waals surface area (Å²) in [7, 11) is 1.35. The molecular weight excluding hydrogens is 254 g/mol. The zero-order chi connectivity index (χ0) is 14.8. The number of carbonyl (C=O) groups excluding carboxylic acids is 1. The minimum Gasteiger partial charge on any atom is -0.488 e. The van der Waals surface area contributed by atoms with Gasteiger partial charge in [-0.3, -0.25) is 0 Å². The zero-order valence-electron chi connectivity index (χ0n) is 12.4. The maximum Gasteiger partial charge on any atom is 0.337 e. The highest BCUT2D eigenvalue weighted by atomic mass is 16.5. The third kappa shape index (κ3) is 3.44. The topological polar surface area (TPSA) is 61.5 Å². The van der Waals surface area contributed by atoms with Crippen LogP contribution >= 0.6 is 0 Å². The second kappa shape index (κ2) is 5.73. The van der Waals surface area contributed by atoms with E-state index in [-0.39, 0.29) is 12.1 Å². The van der Waals surface area contributed by atoms with Crippen molar-refractivity contribution >= 4 is 11.7 Å². The van der Waals surface area contributed by atoms with Gasteiger partial charge in [-0.25, -0.2) is 4.79 Å². The summed E-state index contributed by atoms with van der Waals surface area (Å²) >= 11 is 0. The van der Waals surface area contributed by atoms with Gasteiger partial charge in [0, 0.05) is 0 Å². The Morgan fingerprint density at radius 3 is 2.50 bits per heavy atom. The molecule has 0 aliphatic heterocycles. The van der Waals surface area contributed by atoms with Crippen LogP contribution in [0.1, 0.15) is 49.9 Å². The van der Waals surface area contributed by atoms with E-state index in [1.807, 2.05) is 0 Å². The van der Waals surface area contributed by atoms with Gasteiger partial charge in [-0.1, -0.05) is 13.8 Å². The first kappa shape index (κ1) is 14.7. The zero-order valence-corrected chi connectivity index (χ0v) is 12.4. The predicted molar refractivity (Wildman–Crippen MR) is 78.9 cm³/mol. The predicted octanol–water partition coefficient (Wildman–Crippen LogP) is 3.40. The summed E-state index contributed by atoms with van der Waals surface area (Å²) in [6.45, 7) is 4.59. The molecule has 2 rings (SSSR count). The molecule has 2 N–H and O–H groups in total. The monoisotopic (exact) mass is 277 g/mol. The minimum atomic E-state index is -0.386. The van der Waals surface area contributed by atoms with Gasteiger partial charge in [0.05, 0.1) is 24.5 Å². The van der Waals surface area contributed by atoms with Crippen molar-refractivity contribution in [3.8, 4) is 5.75 Å². The second-order valence-corrected chi connectivity index (χ2v) is 6.23. The molecule has 1 aromatic rings. The number of esters is 1. The third-order valence-electron chi connectivity index (χ3n) is 4.01. The Hall–Kier alpha value is -1.71. The smallest absolute Gasteiger partial charge is 0.337 e. The Kier molecular flexibility index (Phi) is 4.21. The van der Waals surface area contributed by atoms with E-state index in [2.05, 4.69) is 18.6 Å². The molecule has 0 radical (unpaired) electrons. The number of nitrogens with two attached hydrogens (primary N) is 1. The molecule has 0 unspecified atom stereocenters. The molecule has 0 spiro atoms. The van der Waals surface area contributed by atoms with Crippen molar-refractivity contribution in [1.29, 1.82) is 0 Å². The largest absolute Gasteiger partial charge is 0.488 e. The average molecular weight is 277 g/mol. The molecule has 1 fully saturated rings. The van der Waals surface area contributed by atoms with Crippen LogP contribution in [0.5, 0.6) is 5.75 Å². The maximum absolute atomic E-state index is 11.4. The Bertz CT molecular complexity index is 486. The molecule has 0 saturated heterocycles. The van der Waals surface area contributed by atoms with Gasteiger partial charge in [0.1, 0.15) is 5.75 Å². The number of carbonyl (C=O) groups is 1. The lowest BCUT2D eigenvalue weighted by molar-refractivity contribution is 0.0600. The lowest BCUT2D eigenvalue weighted by atomic mass is 9.76. The van der Waals surface area contributed by atoms with E-state index < -0.39 is 0 Å². The van der Waals surface area contributed by atoms with Gasteiger partial charge in [0.2, 0.25) is 0 Å². The fraction of sp³-hybridized carbons (Fsp3) is 0.562. The standard InChI is InChI=1S/C16H23NO3/c1-16(2)8-6-12(7-9-16)20-14-5-4-11(10-13(14)17)15(18)19-3/h4-5,10,12H,6-9,17H2,1-3H3. The van der Waals surface area contributed by atoms with Crippen LogP contribution in [0, 0.1) is 5.41 Å². The van der Waals surface area contributed by atoms with Crippen molar-refractivity contribution in [3.63, 3.8) is 0 Å². The van der Waals surface area contributed by atoms with Crippen LogP contribution in [0.25, 0.3) is 0 Å². The van der Waals surface area contributed by atoms with E-state index in [0.717, 1.165) is 25.7 Å². The number of benzene rings is 1. The molecule has 0 aromatic heterocycles. The molecule has 1 aliphatic rings. The molecule has 110 valence electrons. The SMILES string of the molecule is COC(=O)c1ccc(OC2CCC(C)(C)CC2)c(N)c1. The van der Waals surface area contributed by atoms with Crippen LogP contribution in [0.3, 0.4) is 0 Å². The van der Waals surface area contributed by atoms with Gasteiger partial charge >= 0.3 is 5.97 Å². The van der Waals surface area contributed by atoms with E-state index in [9.17, 15) is 4.79 Å².